The van der Waals surface area contributed by atoms with E-state index in [2.05, 4.69) is 10.6 Å². The average Bonchev–Trinajstić information content (AvgIpc) is 2.75. The number of carboxylic acid groups (broad SMARTS) is 1. The molecule has 2 aromatic rings. The first-order chi connectivity index (χ1) is 14.5. The molecule has 1 aromatic carbocycles. The van der Waals surface area contributed by atoms with Crippen LogP contribution >= 0.6 is 0 Å². The Morgan fingerprint density at radius 2 is 1.60 bits per heavy atom. The molecule has 1 heterocycles. The van der Waals surface area contributed by atoms with E-state index in [1.54, 1.807) is 12.3 Å². The van der Waals surface area contributed by atoms with Gasteiger partial charge < -0.3 is 25.3 Å². The molecule has 160 valence electrons. The van der Waals surface area contributed by atoms with Crippen LogP contribution in [0.25, 0.3) is 0 Å². The quantitative estimate of drug-likeness (QED) is 0.397. The first kappa shape index (κ1) is 22.9. The third-order valence-electron chi connectivity index (χ3n) is 4.33. The Hall–Kier alpha value is -3.42. The second-order valence-corrected chi connectivity index (χ2v) is 6.81. The Morgan fingerprint density at radius 3 is 2.30 bits per heavy atom. The van der Waals surface area contributed by atoms with Crippen LogP contribution in [-0.2, 0) is 22.7 Å². The van der Waals surface area contributed by atoms with E-state index in [4.69, 9.17) is 4.74 Å². The molecule has 0 aliphatic heterocycles. The molecule has 0 fully saturated rings. The van der Waals surface area contributed by atoms with Crippen molar-refractivity contribution in [1.82, 2.24) is 10.6 Å². The van der Waals surface area contributed by atoms with Crippen LogP contribution in [0.5, 0.6) is 0 Å². The van der Waals surface area contributed by atoms with E-state index < -0.39 is 12.1 Å². The minimum absolute atomic E-state index is 0.0304. The smallest absolute Gasteiger partial charge is 0.407 e. The number of carbonyl (C=O) groups is 3. The molecule has 2 amide bonds. The van der Waals surface area contributed by atoms with Crippen LogP contribution in [-0.4, -0.2) is 31.1 Å². The molecule has 0 spiro atoms. The number of unbranched alkanes of at least 4 members (excludes halogenated alkanes) is 3. The third-order valence-corrected chi connectivity index (χ3v) is 4.33. The lowest BCUT2D eigenvalue weighted by molar-refractivity contribution is -0.684. The number of aromatic carboxylic acids is 1. The van der Waals surface area contributed by atoms with Crippen molar-refractivity contribution in [3.8, 4) is 0 Å². The van der Waals surface area contributed by atoms with E-state index in [9.17, 15) is 19.5 Å². The van der Waals surface area contributed by atoms with Crippen LogP contribution in [0.15, 0.2) is 54.9 Å². The van der Waals surface area contributed by atoms with Crippen molar-refractivity contribution in [2.45, 2.75) is 38.8 Å². The van der Waals surface area contributed by atoms with Gasteiger partial charge in [0.15, 0.2) is 12.4 Å². The second kappa shape index (κ2) is 12.9. The van der Waals surface area contributed by atoms with Gasteiger partial charge in [0.25, 0.3) is 5.91 Å². The van der Waals surface area contributed by atoms with Crippen LogP contribution in [0.1, 0.15) is 41.6 Å². The molecular formula is C22H27N3O5. The molecular weight excluding hydrogens is 386 g/mol. The molecule has 8 heteroatoms. The second-order valence-electron chi connectivity index (χ2n) is 6.81. The molecule has 0 saturated carbocycles. The predicted molar refractivity (Wildman–Crippen MR) is 107 cm³/mol. The van der Waals surface area contributed by atoms with Gasteiger partial charge in [-0.3, -0.25) is 4.79 Å². The zero-order valence-corrected chi connectivity index (χ0v) is 16.8. The highest BCUT2D eigenvalue weighted by Crippen LogP contribution is 2.01. The summed E-state index contributed by atoms with van der Waals surface area (Å²) in [6.07, 6.45) is 6.09. The molecule has 0 saturated heterocycles. The van der Waals surface area contributed by atoms with Gasteiger partial charge in [-0.15, -0.1) is 0 Å². The number of aromatic nitrogens is 1. The lowest BCUT2D eigenvalue weighted by Gasteiger charge is -2.07. The lowest BCUT2D eigenvalue weighted by atomic mass is 10.2. The molecule has 0 bridgehead atoms. The number of alkyl carbamates (subject to hydrolysis) is 1. The Labute approximate surface area is 175 Å². The van der Waals surface area contributed by atoms with Gasteiger partial charge in [0.05, 0.1) is 11.5 Å². The van der Waals surface area contributed by atoms with Gasteiger partial charge in [-0.1, -0.05) is 43.2 Å². The van der Waals surface area contributed by atoms with Crippen molar-refractivity contribution in [1.29, 1.82) is 0 Å². The van der Waals surface area contributed by atoms with E-state index in [1.807, 2.05) is 30.3 Å². The van der Waals surface area contributed by atoms with Crippen LogP contribution in [0.3, 0.4) is 0 Å². The van der Waals surface area contributed by atoms with Gasteiger partial charge in [0.1, 0.15) is 6.61 Å². The summed E-state index contributed by atoms with van der Waals surface area (Å²) in [6, 6.07) is 12.5. The summed E-state index contributed by atoms with van der Waals surface area (Å²) in [7, 11) is 0. The standard InChI is InChI=1S/C22H27N3O5/c26-20(16-25-14-8-11-19(15-25)21(27)28)23-12-6-1-2-7-13-24-22(29)30-17-18-9-4-3-5-10-18/h3-5,8-11,14-15H,1-2,6-7,12-13,16-17H2,(H2-,23,24,26,27,28,29). The molecule has 0 unspecified atom stereocenters. The number of benzene rings is 1. The van der Waals surface area contributed by atoms with Crippen LogP contribution < -0.4 is 20.3 Å². The summed E-state index contributed by atoms with van der Waals surface area (Å²) in [6.45, 7) is 1.40. The van der Waals surface area contributed by atoms with Crippen molar-refractivity contribution in [3.63, 3.8) is 0 Å². The number of amides is 2. The lowest BCUT2D eigenvalue weighted by Crippen LogP contribution is -2.43. The van der Waals surface area contributed by atoms with E-state index in [1.165, 1.54) is 16.8 Å². The monoisotopic (exact) mass is 413 g/mol. The summed E-state index contributed by atoms with van der Waals surface area (Å²) >= 11 is 0. The molecule has 0 aliphatic rings. The normalized spacial score (nSPS) is 10.3. The van der Waals surface area contributed by atoms with E-state index >= 15 is 0 Å². The van der Waals surface area contributed by atoms with E-state index in [0.29, 0.717) is 13.1 Å². The van der Waals surface area contributed by atoms with Crippen molar-refractivity contribution >= 4 is 18.0 Å². The van der Waals surface area contributed by atoms with Crippen LogP contribution in [0.2, 0.25) is 0 Å². The van der Waals surface area contributed by atoms with Gasteiger partial charge in [0.2, 0.25) is 6.54 Å². The number of nitrogens with one attached hydrogen (secondary N) is 2. The van der Waals surface area contributed by atoms with Crippen LogP contribution in [0.4, 0.5) is 4.79 Å². The maximum absolute atomic E-state index is 11.9. The fourth-order valence-corrected chi connectivity index (χ4v) is 2.76. The minimum atomic E-state index is -1.27. The highest BCUT2D eigenvalue weighted by Gasteiger charge is 2.09. The number of rotatable bonds is 12. The van der Waals surface area contributed by atoms with E-state index in [0.717, 1.165) is 31.2 Å². The van der Waals surface area contributed by atoms with Crippen LogP contribution in [0, 0.1) is 0 Å². The van der Waals surface area contributed by atoms with Gasteiger partial charge in [-0.25, -0.2) is 4.79 Å². The third kappa shape index (κ3) is 9.18. The molecule has 0 atom stereocenters. The van der Waals surface area contributed by atoms with Gasteiger partial charge >= 0.3 is 6.09 Å². The Kier molecular flexibility index (Phi) is 9.85. The molecule has 0 radical (unpaired) electrons. The summed E-state index contributed by atoms with van der Waals surface area (Å²) in [4.78, 5) is 34.4. The fraction of sp³-hybridized carbons (Fsp3) is 0.364. The minimum Gasteiger partial charge on any atom is -0.545 e. The topological polar surface area (TPSA) is 111 Å². The largest absolute Gasteiger partial charge is 0.545 e. The zero-order chi connectivity index (χ0) is 21.6. The Bertz CT molecular complexity index is 827. The number of ether oxygens (including phenoxy) is 1. The zero-order valence-electron chi connectivity index (χ0n) is 16.8. The molecule has 8 nitrogen and oxygen atoms in total. The number of nitrogens with zero attached hydrogens (tertiary/aromatic N) is 1. The summed E-state index contributed by atoms with van der Waals surface area (Å²) in [5.41, 5.74) is 0.975. The molecule has 30 heavy (non-hydrogen) atoms. The number of carbonyl (C=O) groups excluding carboxylic acids is 3. The van der Waals surface area contributed by atoms with Gasteiger partial charge in [-0.05, 0) is 24.5 Å². The van der Waals surface area contributed by atoms with Crippen molar-refractivity contribution < 1.29 is 28.8 Å². The fourth-order valence-electron chi connectivity index (χ4n) is 2.76. The van der Waals surface area contributed by atoms with Crippen molar-refractivity contribution in [3.05, 3.63) is 66.0 Å². The molecule has 1 aromatic heterocycles. The number of pyridine rings is 1. The first-order valence-electron chi connectivity index (χ1n) is 9.96. The molecule has 2 rings (SSSR count). The van der Waals surface area contributed by atoms with Crippen molar-refractivity contribution in [2.24, 2.45) is 0 Å². The van der Waals surface area contributed by atoms with Gasteiger partial charge in [0, 0.05) is 19.2 Å². The summed E-state index contributed by atoms with van der Waals surface area (Å²) in [5, 5.41) is 16.4. The van der Waals surface area contributed by atoms with Crippen molar-refractivity contribution in [2.75, 3.05) is 13.1 Å². The predicted octanol–water partition coefficient (Wildman–Crippen LogP) is 0.941. The summed E-state index contributed by atoms with van der Waals surface area (Å²) < 4.78 is 6.64. The maximum atomic E-state index is 11.9. The van der Waals surface area contributed by atoms with Gasteiger partial charge in [-0.2, -0.15) is 4.57 Å². The Morgan fingerprint density at radius 1 is 0.900 bits per heavy atom. The number of hydrogen-bond donors (Lipinski definition) is 2. The Balaban J connectivity index is 1.47. The molecule has 0 aliphatic carbocycles. The highest BCUT2D eigenvalue weighted by molar-refractivity contribution is 5.84. The average molecular weight is 413 g/mol. The maximum Gasteiger partial charge on any atom is 0.407 e. The molecule has 2 N–H and O–H groups in total. The highest BCUT2D eigenvalue weighted by atomic mass is 16.5. The van der Waals surface area contributed by atoms with E-state index in [-0.39, 0.29) is 24.6 Å². The SMILES string of the molecule is O=C(C[n+]1cccc(C(=O)[O-])c1)NCCCCCCNC(=O)OCc1ccccc1. The summed E-state index contributed by atoms with van der Waals surface area (Å²) in [5.74, 6) is -1.46. The number of hydrogen-bond acceptors (Lipinski definition) is 5. The number of carboxylic acids is 1. The first-order valence-corrected chi connectivity index (χ1v) is 9.96.